The predicted octanol–water partition coefficient (Wildman–Crippen LogP) is -0.141. The SMILES string of the molecule is COCC(O)CN(C)C(=O)c1cccc(C(=O)O)n1. The van der Waals surface area contributed by atoms with Crippen LogP contribution in [0.1, 0.15) is 21.0 Å². The first-order chi connectivity index (χ1) is 8.95. The van der Waals surface area contributed by atoms with Crippen molar-refractivity contribution in [3.63, 3.8) is 0 Å². The molecular weight excluding hydrogens is 252 g/mol. The molecule has 0 saturated carbocycles. The summed E-state index contributed by atoms with van der Waals surface area (Å²) in [6.45, 7) is 0.186. The minimum absolute atomic E-state index is 0.0204. The number of hydrogen-bond donors (Lipinski definition) is 2. The maximum absolute atomic E-state index is 12.0. The Morgan fingerprint density at radius 2 is 2.05 bits per heavy atom. The van der Waals surface area contributed by atoms with Crippen molar-refractivity contribution in [2.24, 2.45) is 0 Å². The molecule has 0 bridgehead atoms. The average molecular weight is 268 g/mol. The van der Waals surface area contributed by atoms with Gasteiger partial charge >= 0.3 is 5.97 Å². The Bertz CT molecular complexity index is 463. The number of rotatable bonds is 6. The average Bonchev–Trinajstić information content (AvgIpc) is 2.38. The number of carbonyl (C=O) groups excluding carboxylic acids is 1. The molecule has 1 heterocycles. The summed E-state index contributed by atoms with van der Waals surface area (Å²) in [7, 11) is 2.94. The van der Waals surface area contributed by atoms with Gasteiger partial charge in [-0.1, -0.05) is 6.07 Å². The molecule has 0 spiro atoms. The predicted molar refractivity (Wildman–Crippen MR) is 66.0 cm³/mol. The van der Waals surface area contributed by atoms with E-state index >= 15 is 0 Å². The molecule has 0 aliphatic heterocycles. The van der Waals surface area contributed by atoms with Crippen LogP contribution < -0.4 is 0 Å². The maximum atomic E-state index is 12.0. The Balaban J connectivity index is 2.76. The number of nitrogens with zero attached hydrogens (tertiary/aromatic N) is 2. The van der Waals surface area contributed by atoms with Gasteiger partial charge < -0.3 is 19.8 Å². The zero-order valence-electron chi connectivity index (χ0n) is 10.7. The number of carbonyl (C=O) groups is 2. The minimum atomic E-state index is -1.20. The molecule has 0 radical (unpaired) electrons. The van der Waals surface area contributed by atoms with Gasteiger partial charge in [-0.05, 0) is 12.1 Å². The van der Waals surface area contributed by atoms with Gasteiger partial charge in [0.2, 0.25) is 0 Å². The summed E-state index contributed by atoms with van der Waals surface area (Å²) in [6.07, 6.45) is -0.804. The van der Waals surface area contributed by atoms with Gasteiger partial charge in [-0.2, -0.15) is 0 Å². The lowest BCUT2D eigenvalue weighted by atomic mass is 10.2. The lowest BCUT2D eigenvalue weighted by Gasteiger charge is -2.20. The third kappa shape index (κ3) is 4.31. The molecule has 1 aromatic rings. The van der Waals surface area contributed by atoms with Crippen molar-refractivity contribution in [2.75, 3.05) is 27.3 Å². The first-order valence-corrected chi connectivity index (χ1v) is 5.58. The van der Waals surface area contributed by atoms with Crippen LogP contribution in [0.5, 0.6) is 0 Å². The molecular formula is C12H16N2O5. The third-order valence-electron chi connectivity index (χ3n) is 2.38. The van der Waals surface area contributed by atoms with Crippen LogP contribution >= 0.6 is 0 Å². The van der Waals surface area contributed by atoms with E-state index in [1.807, 2.05) is 0 Å². The Morgan fingerprint density at radius 1 is 1.42 bits per heavy atom. The van der Waals surface area contributed by atoms with E-state index in [0.29, 0.717) is 0 Å². The number of aromatic carboxylic acids is 1. The van der Waals surface area contributed by atoms with Gasteiger partial charge in [0.25, 0.3) is 5.91 Å². The Hall–Kier alpha value is -1.99. The van der Waals surface area contributed by atoms with Crippen molar-refractivity contribution in [1.29, 1.82) is 0 Å². The second-order valence-electron chi connectivity index (χ2n) is 4.01. The van der Waals surface area contributed by atoms with Crippen molar-refractivity contribution < 1.29 is 24.5 Å². The molecule has 7 nitrogen and oxygen atoms in total. The van der Waals surface area contributed by atoms with E-state index in [4.69, 9.17) is 9.84 Å². The highest BCUT2D eigenvalue weighted by atomic mass is 16.5. The van der Waals surface area contributed by atoms with Crippen LogP contribution in [0.25, 0.3) is 0 Å². The fraction of sp³-hybridized carbons (Fsp3) is 0.417. The zero-order valence-corrected chi connectivity index (χ0v) is 10.7. The van der Waals surface area contributed by atoms with E-state index in [-0.39, 0.29) is 24.5 Å². The lowest BCUT2D eigenvalue weighted by Crippen LogP contribution is -2.36. The van der Waals surface area contributed by atoms with E-state index in [1.165, 1.54) is 37.3 Å². The van der Waals surface area contributed by atoms with E-state index in [9.17, 15) is 14.7 Å². The Labute approximate surface area is 110 Å². The molecule has 0 fully saturated rings. The highest BCUT2D eigenvalue weighted by Gasteiger charge is 2.17. The van der Waals surface area contributed by atoms with Crippen LogP contribution in [-0.2, 0) is 4.74 Å². The Morgan fingerprint density at radius 3 is 2.63 bits per heavy atom. The molecule has 1 amide bonds. The highest BCUT2D eigenvalue weighted by Crippen LogP contribution is 2.04. The summed E-state index contributed by atoms with van der Waals surface area (Å²) in [5, 5.41) is 18.3. The number of amides is 1. The van der Waals surface area contributed by atoms with Crippen molar-refractivity contribution in [2.45, 2.75) is 6.10 Å². The van der Waals surface area contributed by atoms with Gasteiger partial charge in [-0.15, -0.1) is 0 Å². The number of carboxylic acid groups (broad SMARTS) is 1. The van der Waals surface area contributed by atoms with Gasteiger partial charge in [-0.25, -0.2) is 9.78 Å². The summed E-state index contributed by atoms with van der Waals surface area (Å²) in [5.74, 6) is -1.66. The normalized spacial score (nSPS) is 11.9. The van der Waals surface area contributed by atoms with E-state index in [2.05, 4.69) is 4.98 Å². The molecule has 0 aliphatic rings. The first-order valence-electron chi connectivity index (χ1n) is 5.58. The van der Waals surface area contributed by atoms with E-state index in [0.717, 1.165) is 0 Å². The van der Waals surface area contributed by atoms with Gasteiger partial charge in [0.15, 0.2) is 0 Å². The summed E-state index contributed by atoms with van der Waals surface area (Å²) >= 11 is 0. The summed E-state index contributed by atoms with van der Waals surface area (Å²) in [4.78, 5) is 27.7. The third-order valence-corrected chi connectivity index (χ3v) is 2.38. The molecule has 0 aliphatic carbocycles. The fourth-order valence-electron chi connectivity index (χ4n) is 1.51. The lowest BCUT2D eigenvalue weighted by molar-refractivity contribution is 0.0377. The smallest absolute Gasteiger partial charge is 0.354 e. The van der Waals surface area contributed by atoms with Gasteiger partial charge in [0, 0.05) is 20.7 Å². The van der Waals surface area contributed by atoms with E-state index in [1.54, 1.807) is 0 Å². The monoisotopic (exact) mass is 268 g/mol. The molecule has 1 rings (SSSR count). The molecule has 1 aromatic heterocycles. The molecule has 19 heavy (non-hydrogen) atoms. The standard InChI is InChI=1S/C12H16N2O5/c1-14(6-8(15)7-19-2)11(16)9-4-3-5-10(13-9)12(17)18/h3-5,8,15H,6-7H2,1-2H3,(H,17,18). The van der Waals surface area contributed by atoms with Crippen molar-refractivity contribution in [3.05, 3.63) is 29.6 Å². The van der Waals surface area contributed by atoms with Crippen LogP contribution in [0.15, 0.2) is 18.2 Å². The summed E-state index contributed by atoms with van der Waals surface area (Å²) in [5.41, 5.74) is -0.177. The topological polar surface area (TPSA) is 100.0 Å². The zero-order chi connectivity index (χ0) is 14.4. The molecule has 1 atom stereocenters. The second-order valence-corrected chi connectivity index (χ2v) is 4.01. The van der Waals surface area contributed by atoms with Crippen molar-refractivity contribution >= 4 is 11.9 Å². The second kappa shape index (κ2) is 6.81. The van der Waals surface area contributed by atoms with Crippen LogP contribution in [0.2, 0.25) is 0 Å². The number of pyridine rings is 1. The number of aliphatic hydroxyl groups is 1. The molecule has 7 heteroatoms. The molecule has 0 saturated heterocycles. The van der Waals surface area contributed by atoms with Gasteiger partial charge in [0.1, 0.15) is 11.4 Å². The summed E-state index contributed by atoms with van der Waals surface area (Å²) < 4.78 is 4.76. The van der Waals surface area contributed by atoms with E-state index < -0.39 is 18.0 Å². The number of ether oxygens (including phenoxy) is 1. The van der Waals surface area contributed by atoms with Crippen LogP contribution in [0.4, 0.5) is 0 Å². The fourth-order valence-corrected chi connectivity index (χ4v) is 1.51. The first kappa shape index (κ1) is 15.1. The highest BCUT2D eigenvalue weighted by molar-refractivity contribution is 5.94. The van der Waals surface area contributed by atoms with Gasteiger partial charge in [-0.3, -0.25) is 4.79 Å². The molecule has 2 N–H and O–H groups in total. The number of carboxylic acids is 1. The van der Waals surface area contributed by atoms with Crippen molar-refractivity contribution in [3.8, 4) is 0 Å². The minimum Gasteiger partial charge on any atom is -0.477 e. The quantitative estimate of drug-likeness (QED) is 0.744. The number of methoxy groups -OCH3 is 1. The molecule has 0 aromatic carbocycles. The molecule has 1 unspecified atom stereocenters. The van der Waals surface area contributed by atoms with Crippen LogP contribution in [0, 0.1) is 0 Å². The number of aromatic nitrogens is 1. The number of hydrogen-bond acceptors (Lipinski definition) is 5. The maximum Gasteiger partial charge on any atom is 0.354 e. The molecule has 104 valence electrons. The Kier molecular flexibility index (Phi) is 5.40. The van der Waals surface area contributed by atoms with Gasteiger partial charge in [0.05, 0.1) is 12.7 Å². The van der Waals surface area contributed by atoms with Crippen molar-refractivity contribution in [1.82, 2.24) is 9.88 Å². The largest absolute Gasteiger partial charge is 0.477 e. The number of aliphatic hydroxyl groups excluding tert-OH is 1. The van der Waals surface area contributed by atoms with Crippen LogP contribution in [-0.4, -0.2) is 65.4 Å². The van der Waals surface area contributed by atoms with Crippen LogP contribution in [0.3, 0.4) is 0 Å². The number of likely N-dealkylation sites (N-methyl/N-ethyl adjacent to an activating group) is 1. The summed E-state index contributed by atoms with van der Waals surface area (Å²) in [6, 6.07) is 4.18.